The lowest BCUT2D eigenvalue weighted by molar-refractivity contribution is -0.122. The van der Waals surface area contributed by atoms with E-state index in [9.17, 15) is 9.59 Å². The van der Waals surface area contributed by atoms with Gasteiger partial charge in [-0.05, 0) is 51.0 Å². The van der Waals surface area contributed by atoms with Crippen LogP contribution in [0.1, 0.15) is 47.6 Å². The van der Waals surface area contributed by atoms with Gasteiger partial charge >= 0.3 is 0 Å². The molecule has 2 heterocycles. The van der Waals surface area contributed by atoms with Crippen molar-refractivity contribution in [2.45, 2.75) is 45.4 Å². The molecule has 0 radical (unpaired) electrons. The summed E-state index contributed by atoms with van der Waals surface area (Å²) in [4.78, 5) is 30.1. The SMILES string of the molecule is Cc1ccc(C(=O)NC(C)c2nc3ccccc3n2CC(=O)NCC2CCCO2)cc1. The van der Waals surface area contributed by atoms with Gasteiger partial charge in [0.2, 0.25) is 5.91 Å². The Morgan fingerprint density at radius 3 is 2.71 bits per heavy atom. The normalized spacial score (nSPS) is 16.9. The van der Waals surface area contributed by atoms with Crippen molar-refractivity contribution in [3.05, 3.63) is 65.5 Å². The molecule has 1 fully saturated rings. The van der Waals surface area contributed by atoms with Gasteiger partial charge in [-0.2, -0.15) is 0 Å². The molecular formula is C24H28N4O3. The molecule has 0 saturated carbocycles. The van der Waals surface area contributed by atoms with Crippen LogP contribution in [-0.2, 0) is 16.1 Å². The number of fused-ring (bicyclic) bond motifs is 1. The lowest BCUT2D eigenvalue weighted by Crippen LogP contribution is -2.35. The Balaban J connectivity index is 1.51. The van der Waals surface area contributed by atoms with Gasteiger partial charge in [-0.1, -0.05) is 29.8 Å². The van der Waals surface area contributed by atoms with Crippen molar-refractivity contribution >= 4 is 22.8 Å². The Morgan fingerprint density at radius 1 is 1.19 bits per heavy atom. The van der Waals surface area contributed by atoms with E-state index in [-0.39, 0.29) is 30.5 Å². The number of benzene rings is 2. The lowest BCUT2D eigenvalue weighted by Gasteiger charge is -2.17. The third kappa shape index (κ3) is 4.94. The van der Waals surface area contributed by atoms with E-state index in [4.69, 9.17) is 9.72 Å². The summed E-state index contributed by atoms with van der Waals surface area (Å²) in [7, 11) is 0. The van der Waals surface area contributed by atoms with Crippen molar-refractivity contribution in [3.63, 3.8) is 0 Å². The Morgan fingerprint density at radius 2 is 1.97 bits per heavy atom. The van der Waals surface area contributed by atoms with E-state index in [1.54, 1.807) is 12.1 Å². The Bertz CT molecular complexity index is 1070. The summed E-state index contributed by atoms with van der Waals surface area (Å²) in [5.74, 6) is 0.375. The van der Waals surface area contributed by atoms with Crippen molar-refractivity contribution in [2.75, 3.05) is 13.2 Å². The molecule has 7 heteroatoms. The molecule has 7 nitrogen and oxygen atoms in total. The van der Waals surface area contributed by atoms with Crippen LogP contribution >= 0.6 is 0 Å². The first-order chi connectivity index (χ1) is 15.0. The Hall–Kier alpha value is -3.19. The fourth-order valence-electron chi connectivity index (χ4n) is 3.87. The number of aryl methyl sites for hydroxylation is 1. The number of amides is 2. The minimum atomic E-state index is -0.368. The molecule has 0 spiro atoms. The highest BCUT2D eigenvalue weighted by atomic mass is 16.5. The van der Waals surface area contributed by atoms with E-state index in [0.29, 0.717) is 17.9 Å². The summed E-state index contributed by atoms with van der Waals surface area (Å²) >= 11 is 0. The quantitative estimate of drug-likeness (QED) is 0.615. The van der Waals surface area contributed by atoms with Gasteiger partial charge in [0, 0.05) is 18.7 Å². The third-order valence-electron chi connectivity index (χ3n) is 5.59. The highest BCUT2D eigenvalue weighted by molar-refractivity contribution is 5.94. The highest BCUT2D eigenvalue weighted by Crippen LogP contribution is 2.21. The van der Waals surface area contributed by atoms with Crippen molar-refractivity contribution in [3.8, 4) is 0 Å². The number of hydrogen-bond donors (Lipinski definition) is 2. The Labute approximate surface area is 181 Å². The monoisotopic (exact) mass is 420 g/mol. The molecule has 2 amide bonds. The topological polar surface area (TPSA) is 85.2 Å². The lowest BCUT2D eigenvalue weighted by atomic mass is 10.1. The zero-order valence-corrected chi connectivity index (χ0v) is 17.9. The molecular weight excluding hydrogens is 392 g/mol. The number of imidazole rings is 1. The van der Waals surface area contributed by atoms with Gasteiger partial charge < -0.3 is 19.9 Å². The van der Waals surface area contributed by atoms with Gasteiger partial charge in [-0.25, -0.2) is 4.98 Å². The van der Waals surface area contributed by atoms with E-state index >= 15 is 0 Å². The molecule has 2 N–H and O–H groups in total. The maximum absolute atomic E-state index is 12.7. The van der Waals surface area contributed by atoms with Crippen LogP contribution in [-0.4, -0.2) is 40.6 Å². The van der Waals surface area contributed by atoms with Crippen molar-refractivity contribution in [1.82, 2.24) is 20.2 Å². The molecule has 4 rings (SSSR count). The van der Waals surface area contributed by atoms with E-state index in [0.717, 1.165) is 36.0 Å². The van der Waals surface area contributed by atoms with Gasteiger partial charge in [0.25, 0.3) is 5.91 Å². The van der Waals surface area contributed by atoms with E-state index in [2.05, 4.69) is 10.6 Å². The first kappa shape index (κ1) is 21.1. The molecule has 1 aliphatic heterocycles. The van der Waals surface area contributed by atoms with Crippen molar-refractivity contribution in [2.24, 2.45) is 0 Å². The van der Waals surface area contributed by atoms with Gasteiger partial charge in [0.15, 0.2) is 0 Å². The number of para-hydroxylation sites is 2. The second-order valence-electron chi connectivity index (χ2n) is 8.05. The van der Waals surface area contributed by atoms with Crippen LogP contribution in [0.25, 0.3) is 11.0 Å². The van der Waals surface area contributed by atoms with E-state index < -0.39 is 0 Å². The van der Waals surface area contributed by atoms with Gasteiger partial charge in [0.05, 0.1) is 23.2 Å². The number of carbonyl (C=O) groups excluding carboxylic acids is 2. The largest absolute Gasteiger partial charge is 0.376 e. The number of carbonyl (C=O) groups is 2. The molecule has 2 aromatic carbocycles. The maximum Gasteiger partial charge on any atom is 0.251 e. The van der Waals surface area contributed by atoms with Gasteiger partial charge in [-0.3, -0.25) is 9.59 Å². The molecule has 1 aliphatic rings. The number of ether oxygens (including phenoxy) is 1. The zero-order valence-electron chi connectivity index (χ0n) is 17.9. The summed E-state index contributed by atoms with van der Waals surface area (Å²) < 4.78 is 7.46. The van der Waals surface area contributed by atoms with Crippen LogP contribution in [0.5, 0.6) is 0 Å². The smallest absolute Gasteiger partial charge is 0.251 e. The average Bonchev–Trinajstić information content (AvgIpc) is 3.41. The molecule has 0 bridgehead atoms. The average molecular weight is 421 g/mol. The predicted octanol–water partition coefficient (Wildman–Crippen LogP) is 3.13. The first-order valence-corrected chi connectivity index (χ1v) is 10.7. The molecule has 162 valence electrons. The molecule has 2 atom stereocenters. The number of rotatable bonds is 7. The maximum atomic E-state index is 12.7. The number of aromatic nitrogens is 2. The van der Waals surface area contributed by atoms with Crippen LogP contribution in [0.3, 0.4) is 0 Å². The molecule has 0 aliphatic carbocycles. The van der Waals surface area contributed by atoms with Crippen LogP contribution in [0.4, 0.5) is 0 Å². The molecule has 2 unspecified atom stereocenters. The van der Waals surface area contributed by atoms with Crippen molar-refractivity contribution in [1.29, 1.82) is 0 Å². The summed E-state index contributed by atoms with van der Waals surface area (Å²) in [5, 5.41) is 5.98. The van der Waals surface area contributed by atoms with Crippen LogP contribution < -0.4 is 10.6 Å². The van der Waals surface area contributed by atoms with Crippen molar-refractivity contribution < 1.29 is 14.3 Å². The molecule has 1 aromatic heterocycles. The predicted molar refractivity (Wildman–Crippen MR) is 119 cm³/mol. The first-order valence-electron chi connectivity index (χ1n) is 10.7. The highest BCUT2D eigenvalue weighted by Gasteiger charge is 2.21. The van der Waals surface area contributed by atoms with Gasteiger partial charge in [0.1, 0.15) is 12.4 Å². The fourth-order valence-corrected chi connectivity index (χ4v) is 3.87. The standard InChI is InChI=1S/C24H28N4O3/c1-16-9-11-18(12-10-16)24(30)26-17(2)23-27-20-7-3-4-8-21(20)28(23)15-22(29)25-14-19-6-5-13-31-19/h3-4,7-12,17,19H,5-6,13-15H2,1-2H3,(H,25,29)(H,26,30). The summed E-state index contributed by atoms with van der Waals surface area (Å²) in [6, 6.07) is 14.7. The second kappa shape index (κ2) is 9.31. The molecule has 3 aromatic rings. The summed E-state index contributed by atoms with van der Waals surface area (Å²) in [6.07, 6.45) is 2.10. The number of nitrogens with one attached hydrogen (secondary N) is 2. The second-order valence-corrected chi connectivity index (χ2v) is 8.05. The van der Waals surface area contributed by atoms with E-state index in [1.807, 2.05) is 54.8 Å². The molecule has 31 heavy (non-hydrogen) atoms. The number of hydrogen-bond acceptors (Lipinski definition) is 4. The van der Waals surface area contributed by atoms with E-state index in [1.165, 1.54) is 0 Å². The number of nitrogens with zero attached hydrogens (tertiary/aromatic N) is 2. The third-order valence-corrected chi connectivity index (χ3v) is 5.59. The minimum absolute atomic E-state index is 0.0932. The summed E-state index contributed by atoms with van der Waals surface area (Å²) in [6.45, 7) is 5.27. The van der Waals surface area contributed by atoms with Crippen LogP contribution in [0, 0.1) is 6.92 Å². The zero-order chi connectivity index (χ0) is 21.8. The van der Waals surface area contributed by atoms with Crippen LogP contribution in [0.15, 0.2) is 48.5 Å². The van der Waals surface area contributed by atoms with Gasteiger partial charge in [-0.15, -0.1) is 0 Å². The minimum Gasteiger partial charge on any atom is -0.376 e. The fraction of sp³-hybridized carbons (Fsp3) is 0.375. The molecule has 1 saturated heterocycles. The summed E-state index contributed by atoms with van der Waals surface area (Å²) in [5.41, 5.74) is 3.34. The Kier molecular flexibility index (Phi) is 6.32. The van der Waals surface area contributed by atoms with Crippen LogP contribution in [0.2, 0.25) is 0 Å².